The average Bonchev–Trinajstić information content (AvgIpc) is 2.76. The number of ketones is 1. The summed E-state index contributed by atoms with van der Waals surface area (Å²) in [7, 11) is 0. The molecule has 3 heteroatoms. The number of allylic oxidation sites excluding steroid dienone is 3. The minimum absolute atomic E-state index is 0.00791. The van der Waals surface area contributed by atoms with Crippen LogP contribution in [0.2, 0.25) is 0 Å². The Hall–Kier alpha value is -1.64. The molecule has 0 saturated carbocycles. The average molecular weight is 303 g/mol. The fourth-order valence-electron chi connectivity index (χ4n) is 1.88. The first-order chi connectivity index (χ1) is 9.56. The molecular weight excluding hydrogens is 288 g/mol. The molecule has 0 aliphatic heterocycles. The number of carbonyl (C=O) groups excluding carboxylic acids is 1. The van der Waals surface area contributed by atoms with E-state index in [-0.39, 0.29) is 5.78 Å². The number of rotatable bonds is 4. The number of hydrogen-bond donors (Lipinski definition) is 0. The van der Waals surface area contributed by atoms with Crippen LogP contribution in [-0.4, -0.2) is 5.78 Å². The molecule has 0 aliphatic carbocycles. The summed E-state index contributed by atoms with van der Waals surface area (Å²) in [4.78, 5) is 14.3. The number of carbonyl (C=O) groups is 1. The zero-order valence-electron chi connectivity index (χ0n) is 11.4. The fourth-order valence-corrected chi connectivity index (χ4v) is 3.00. The lowest BCUT2D eigenvalue weighted by atomic mass is 10.1. The van der Waals surface area contributed by atoms with Gasteiger partial charge in [0.15, 0.2) is 5.78 Å². The van der Waals surface area contributed by atoms with Gasteiger partial charge in [-0.3, -0.25) is 4.79 Å². The summed E-state index contributed by atoms with van der Waals surface area (Å²) in [5.74, 6) is -0.00791. The number of benzene rings is 1. The monoisotopic (exact) mass is 302 g/mol. The third-order valence-corrected chi connectivity index (χ3v) is 4.01. The van der Waals surface area contributed by atoms with E-state index in [0.717, 1.165) is 20.9 Å². The molecule has 0 fully saturated rings. The summed E-state index contributed by atoms with van der Waals surface area (Å²) in [5, 5.41) is 0.536. The van der Waals surface area contributed by atoms with Crippen LogP contribution in [-0.2, 0) is 0 Å². The lowest BCUT2D eigenvalue weighted by Crippen LogP contribution is -1.93. The summed E-state index contributed by atoms with van der Waals surface area (Å²) in [5.41, 5.74) is 1.77. The van der Waals surface area contributed by atoms with Crippen LogP contribution in [0.15, 0.2) is 53.6 Å². The van der Waals surface area contributed by atoms with Crippen LogP contribution >= 0.6 is 22.9 Å². The Morgan fingerprint density at radius 2 is 1.85 bits per heavy atom. The van der Waals surface area contributed by atoms with Crippen molar-refractivity contribution in [2.45, 2.75) is 13.8 Å². The van der Waals surface area contributed by atoms with Crippen molar-refractivity contribution in [2.75, 3.05) is 0 Å². The third kappa shape index (κ3) is 3.92. The van der Waals surface area contributed by atoms with Gasteiger partial charge in [0.25, 0.3) is 0 Å². The maximum Gasteiger partial charge on any atom is 0.186 e. The van der Waals surface area contributed by atoms with Gasteiger partial charge in [-0.15, -0.1) is 11.3 Å². The second-order valence-electron chi connectivity index (χ2n) is 4.46. The lowest BCUT2D eigenvalue weighted by molar-refractivity contribution is 0.104. The van der Waals surface area contributed by atoms with Gasteiger partial charge < -0.3 is 0 Å². The van der Waals surface area contributed by atoms with Crippen LogP contribution in [0.4, 0.5) is 0 Å². The van der Waals surface area contributed by atoms with Gasteiger partial charge in [0.2, 0.25) is 0 Å². The van der Waals surface area contributed by atoms with Crippen LogP contribution in [0.5, 0.6) is 0 Å². The molecule has 1 aromatic carbocycles. The molecule has 1 nitrogen and oxygen atoms in total. The van der Waals surface area contributed by atoms with Crippen molar-refractivity contribution in [3.05, 3.63) is 74.5 Å². The zero-order chi connectivity index (χ0) is 14.5. The first kappa shape index (κ1) is 14.8. The molecule has 20 heavy (non-hydrogen) atoms. The Bertz CT molecular complexity index is 666. The fraction of sp³-hybridized carbons (Fsp3) is 0.118. The Balaban J connectivity index is 2.11. The smallest absolute Gasteiger partial charge is 0.186 e. The van der Waals surface area contributed by atoms with E-state index in [2.05, 4.69) is 0 Å². The zero-order valence-corrected chi connectivity index (χ0v) is 13.0. The van der Waals surface area contributed by atoms with E-state index in [1.165, 1.54) is 6.08 Å². The highest BCUT2D eigenvalue weighted by atomic mass is 35.5. The van der Waals surface area contributed by atoms with Crippen molar-refractivity contribution in [1.29, 1.82) is 0 Å². The molecule has 0 radical (unpaired) electrons. The molecule has 0 N–H and O–H groups in total. The Kier molecular flexibility index (Phi) is 4.94. The number of hydrogen-bond acceptors (Lipinski definition) is 2. The van der Waals surface area contributed by atoms with Crippen molar-refractivity contribution >= 4 is 34.8 Å². The topological polar surface area (TPSA) is 17.1 Å². The molecule has 0 unspecified atom stereocenters. The van der Waals surface area contributed by atoms with E-state index in [1.54, 1.807) is 17.4 Å². The van der Waals surface area contributed by atoms with Crippen molar-refractivity contribution in [3.8, 4) is 0 Å². The van der Waals surface area contributed by atoms with Gasteiger partial charge in [-0.2, -0.15) is 0 Å². The second kappa shape index (κ2) is 6.69. The number of halogens is 1. The molecule has 0 saturated heterocycles. The van der Waals surface area contributed by atoms with Crippen LogP contribution in [0.1, 0.15) is 25.7 Å². The van der Waals surface area contributed by atoms with Gasteiger partial charge in [0, 0.05) is 20.4 Å². The van der Waals surface area contributed by atoms with Gasteiger partial charge in [-0.05, 0) is 43.7 Å². The number of thiophene rings is 1. The normalized spacial score (nSPS) is 12.1. The standard InChI is InChI=1S/C17H15ClOS/c1-12-10-16(13(2)20-12)17(19)9-8-15(18)11-14-6-4-3-5-7-14/h3-11H,1-2H3/b9-8+,15-11-. The van der Waals surface area contributed by atoms with Gasteiger partial charge in [0.05, 0.1) is 0 Å². The molecule has 0 aliphatic rings. The summed E-state index contributed by atoms with van der Waals surface area (Å²) < 4.78 is 0. The summed E-state index contributed by atoms with van der Waals surface area (Å²) in [6.07, 6.45) is 5.00. The minimum atomic E-state index is -0.00791. The maximum absolute atomic E-state index is 12.1. The first-order valence-electron chi connectivity index (χ1n) is 6.28. The first-order valence-corrected chi connectivity index (χ1v) is 7.47. The molecule has 0 bridgehead atoms. The Morgan fingerprint density at radius 3 is 2.45 bits per heavy atom. The Labute approximate surface area is 128 Å². The maximum atomic E-state index is 12.1. The van der Waals surface area contributed by atoms with E-state index in [4.69, 9.17) is 11.6 Å². The van der Waals surface area contributed by atoms with Gasteiger partial charge >= 0.3 is 0 Å². The predicted molar refractivity (Wildman–Crippen MR) is 87.5 cm³/mol. The molecule has 0 spiro atoms. The van der Waals surface area contributed by atoms with E-state index in [1.807, 2.05) is 56.3 Å². The van der Waals surface area contributed by atoms with E-state index >= 15 is 0 Å². The van der Waals surface area contributed by atoms with Crippen LogP contribution in [0.25, 0.3) is 6.08 Å². The Morgan fingerprint density at radius 1 is 1.15 bits per heavy atom. The van der Waals surface area contributed by atoms with Crippen LogP contribution in [0.3, 0.4) is 0 Å². The van der Waals surface area contributed by atoms with Gasteiger partial charge in [-0.1, -0.05) is 41.9 Å². The van der Waals surface area contributed by atoms with Crippen LogP contribution in [0, 0.1) is 13.8 Å². The highest BCUT2D eigenvalue weighted by Crippen LogP contribution is 2.21. The van der Waals surface area contributed by atoms with E-state index in [9.17, 15) is 4.79 Å². The molecule has 1 heterocycles. The summed E-state index contributed by atoms with van der Waals surface area (Å²) >= 11 is 7.75. The highest BCUT2D eigenvalue weighted by molar-refractivity contribution is 7.12. The lowest BCUT2D eigenvalue weighted by Gasteiger charge is -1.94. The van der Waals surface area contributed by atoms with Gasteiger partial charge in [0.1, 0.15) is 0 Å². The SMILES string of the molecule is Cc1cc(C(=O)/C=C/C(Cl)=C/c2ccccc2)c(C)s1. The molecule has 2 rings (SSSR count). The quantitative estimate of drug-likeness (QED) is 0.421. The molecule has 0 amide bonds. The molecule has 0 atom stereocenters. The van der Waals surface area contributed by atoms with Crippen molar-refractivity contribution in [1.82, 2.24) is 0 Å². The summed E-state index contributed by atoms with van der Waals surface area (Å²) in [6, 6.07) is 11.7. The minimum Gasteiger partial charge on any atom is -0.289 e. The largest absolute Gasteiger partial charge is 0.289 e. The van der Waals surface area contributed by atoms with Crippen molar-refractivity contribution in [2.24, 2.45) is 0 Å². The van der Waals surface area contributed by atoms with E-state index < -0.39 is 0 Å². The van der Waals surface area contributed by atoms with Crippen LogP contribution < -0.4 is 0 Å². The molecule has 1 aromatic heterocycles. The molecule has 102 valence electrons. The molecule has 2 aromatic rings. The van der Waals surface area contributed by atoms with E-state index in [0.29, 0.717) is 5.03 Å². The molecular formula is C17H15ClOS. The van der Waals surface area contributed by atoms with Gasteiger partial charge in [-0.25, -0.2) is 0 Å². The van der Waals surface area contributed by atoms with Crippen molar-refractivity contribution in [3.63, 3.8) is 0 Å². The third-order valence-electron chi connectivity index (χ3n) is 2.80. The van der Waals surface area contributed by atoms with Crippen molar-refractivity contribution < 1.29 is 4.79 Å². The number of aryl methyl sites for hydroxylation is 2. The predicted octanol–water partition coefficient (Wildman–Crippen LogP) is 5.38. The summed E-state index contributed by atoms with van der Waals surface area (Å²) in [6.45, 7) is 3.96. The highest BCUT2D eigenvalue weighted by Gasteiger charge is 2.08. The second-order valence-corrected chi connectivity index (χ2v) is 6.36.